The third-order valence-corrected chi connectivity index (χ3v) is 5.33. The molecule has 1 N–H and O–H groups in total. The molecular weight excluding hydrogens is 392 g/mol. The zero-order valence-corrected chi connectivity index (χ0v) is 19.0. The zero-order valence-electron chi connectivity index (χ0n) is 19.0. The van der Waals surface area contributed by atoms with Gasteiger partial charge >= 0.3 is 0 Å². The van der Waals surface area contributed by atoms with Crippen LogP contribution in [0.15, 0.2) is 42.5 Å². The second-order valence-corrected chi connectivity index (χ2v) is 7.86. The Bertz CT molecular complexity index is 939. The van der Waals surface area contributed by atoms with E-state index in [1.54, 1.807) is 13.2 Å². The number of methoxy groups -OCH3 is 1. The molecule has 2 unspecified atom stereocenters. The number of nitrogens with zero attached hydrogens (tertiary/aromatic N) is 1. The minimum absolute atomic E-state index is 0.0117. The Morgan fingerprint density at radius 3 is 2.77 bits per heavy atom. The minimum atomic E-state index is -0.168. The fraction of sp³-hybridized carbons (Fsp3) is 0.400. The summed E-state index contributed by atoms with van der Waals surface area (Å²) in [5, 5.41) is 3.00. The van der Waals surface area contributed by atoms with Gasteiger partial charge in [0, 0.05) is 35.7 Å². The van der Waals surface area contributed by atoms with Crippen molar-refractivity contribution in [2.45, 2.75) is 32.4 Å². The van der Waals surface area contributed by atoms with E-state index in [4.69, 9.17) is 14.2 Å². The maximum Gasteiger partial charge on any atom is 0.244 e. The molecule has 1 amide bonds. The highest BCUT2D eigenvalue weighted by Crippen LogP contribution is 2.35. The molecule has 1 aliphatic rings. The van der Waals surface area contributed by atoms with Crippen LogP contribution in [0.5, 0.6) is 17.2 Å². The van der Waals surface area contributed by atoms with E-state index in [9.17, 15) is 4.79 Å². The van der Waals surface area contributed by atoms with Crippen LogP contribution in [0.25, 0.3) is 6.08 Å². The van der Waals surface area contributed by atoms with E-state index in [0.717, 1.165) is 40.4 Å². The van der Waals surface area contributed by atoms with Crippen LogP contribution < -0.4 is 19.5 Å². The molecule has 1 heterocycles. The van der Waals surface area contributed by atoms with Gasteiger partial charge in [-0.05, 0) is 52.2 Å². The van der Waals surface area contributed by atoms with Gasteiger partial charge in [-0.15, -0.1) is 0 Å². The lowest BCUT2D eigenvalue weighted by Crippen LogP contribution is -2.33. The maximum atomic E-state index is 12.6. The van der Waals surface area contributed by atoms with E-state index >= 15 is 0 Å². The summed E-state index contributed by atoms with van der Waals surface area (Å²) in [6.45, 7) is 5.02. The molecular formula is C25H32N2O4. The number of hydrogen-bond donors (Lipinski definition) is 1. The van der Waals surface area contributed by atoms with Crippen LogP contribution in [0.1, 0.15) is 36.6 Å². The van der Waals surface area contributed by atoms with Gasteiger partial charge in [0.1, 0.15) is 23.4 Å². The topological polar surface area (TPSA) is 60.0 Å². The number of carbonyl (C=O) groups excluding carboxylic acids is 1. The SMILES string of the molecule is CCOc1cc2c(cc1/C=C/C(=O)NCC(c1ccccc1OC)N(C)C)OC(C)C2. The number of benzene rings is 2. The first-order valence-electron chi connectivity index (χ1n) is 10.6. The largest absolute Gasteiger partial charge is 0.496 e. The molecule has 2 aromatic carbocycles. The van der Waals surface area contributed by atoms with Gasteiger partial charge < -0.3 is 24.4 Å². The number of amides is 1. The first-order valence-corrected chi connectivity index (χ1v) is 10.6. The number of likely N-dealkylation sites (N-methyl/N-ethyl adjacent to an activating group) is 1. The van der Waals surface area contributed by atoms with Crippen LogP contribution in [0.3, 0.4) is 0 Å². The molecule has 31 heavy (non-hydrogen) atoms. The Hall–Kier alpha value is -2.99. The van der Waals surface area contributed by atoms with Crippen molar-refractivity contribution >= 4 is 12.0 Å². The highest BCUT2D eigenvalue weighted by Gasteiger charge is 2.22. The molecule has 2 atom stereocenters. The lowest BCUT2D eigenvalue weighted by molar-refractivity contribution is -0.116. The molecule has 0 aliphatic carbocycles. The van der Waals surface area contributed by atoms with Gasteiger partial charge in [0.25, 0.3) is 0 Å². The van der Waals surface area contributed by atoms with Crippen LogP contribution in [0, 0.1) is 0 Å². The monoisotopic (exact) mass is 424 g/mol. The summed E-state index contributed by atoms with van der Waals surface area (Å²) < 4.78 is 17.1. The van der Waals surface area contributed by atoms with Crippen molar-refractivity contribution in [2.75, 3.05) is 34.4 Å². The van der Waals surface area contributed by atoms with Crippen LogP contribution in [0.4, 0.5) is 0 Å². The molecule has 0 saturated carbocycles. The molecule has 6 nitrogen and oxygen atoms in total. The highest BCUT2D eigenvalue weighted by atomic mass is 16.5. The van der Waals surface area contributed by atoms with Crippen LogP contribution in [0.2, 0.25) is 0 Å². The van der Waals surface area contributed by atoms with Crippen LogP contribution in [-0.4, -0.2) is 51.3 Å². The van der Waals surface area contributed by atoms with E-state index < -0.39 is 0 Å². The summed E-state index contributed by atoms with van der Waals surface area (Å²) in [6.07, 6.45) is 4.34. The molecule has 0 fully saturated rings. The predicted octanol–water partition coefficient (Wildman–Crippen LogP) is 3.85. The second-order valence-electron chi connectivity index (χ2n) is 7.86. The lowest BCUT2D eigenvalue weighted by atomic mass is 10.0. The molecule has 3 rings (SSSR count). The standard InChI is InChI=1S/C25H32N2O4/c1-6-30-23-15-19-13-17(2)31-24(19)14-18(23)11-12-25(28)26-16-21(27(3)4)20-9-7-8-10-22(20)29-5/h7-12,14-15,17,21H,6,13,16H2,1-5H3,(H,26,28)/b12-11+. The van der Waals surface area contributed by atoms with Gasteiger partial charge in [-0.25, -0.2) is 0 Å². The number of hydrogen-bond acceptors (Lipinski definition) is 5. The average Bonchev–Trinajstić information content (AvgIpc) is 3.11. The number of nitrogens with one attached hydrogen (secondary N) is 1. The molecule has 1 aliphatic heterocycles. The quantitative estimate of drug-likeness (QED) is 0.620. The Morgan fingerprint density at radius 1 is 1.29 bits per heavy atom. The van der Waals surface area contributed by atoms with Gasteiger partial charge in [0.15, 0.2) is 0 Å². The fourth-order valence-electron chi connectivity index (χ4n) is 3.80. The Balaban J connectivity index is 1.71. The van der Waals surface area contributed by atoms with Crippen molar-refractivity contribution in [3.63, 3.8) is 0 Å². The highest BCUT2D eigenvalue weighted by molar-refractivity contribution is 5.92. The summed E-state index contributed by atoms with van der Waals surface area (Å²) in [6, 6.07) is 11.8. The van der Waals surface area contributed by atoms with Crippen molar-refractivity contribution in [3.8, 4) is 17.2 Å². The minimum Gasteiger partial charge on any atom is -0.496 e. The van der Waals surface area contributed by atoms with Gasteiger partial charge in [-0.1, -0.05) is 18.2 Å². The van der Waals surface area contributed by atoms with Crippen molar-refractivity contribution in [3.05, 3.63) is 59.2 Å². The van der Waals surface area contributed by atoms with Crippen molar-refractivity contribution in [1.29, 1.82) is 0 Å². The average molecular weight is 425 g/mol. The second kappa shape index (κ2) is 10.4. The number of rotatable bonds is 9. The molecule has 166 valence electrons. The first kappa shape index (κ1) is 22.7. The Labute approximate surface area is 184 Å². The number of fused-ring (bicyclic) bond motifs is 1. The number of para-hydroxylation sites is 1. The lowest BCUT2D eigenvalue weighted by Gasteiger charge is -2.26. The van der Waals surface area contributed by atoms with E-state index in [2.05, 4.69) is 10.2 Å². The van der Waals surface area contributed by atoms with E-state index in [1.165, 1.54) is 6.08 Å². The summed E-state index contributed by atoms with van der Waals surface area (Å²) in [4.78, 5) is 14.6. The van der Waals surface area contributed by atoms with E-state index in [1.807, 2.05) is 64.3 Å². The summed E-state index contributed by atoms with van der Waals surface area (Å²) in [5.41, 5.74) is 3.00. The molecule has 0 radical (unpaired) electrons. The fourth-order valence-corrected chi connectivity index (χ4v) is 3.80. The summed E-state index contributed by atoms with van der Waals surface area (Å²) in [7, 11) is 5.63. The molecule has 0 saturated heterocycles. The summed E-state index contributed by atoms with van der Waals surface area (Å²) in [5.74, 6) is 2.27. The Morgan fingerprint density at radius 2 is 2.06 bits per heavy atom. The Kier molecular flexibility index (Phi) is 7.58. The van der Waals surface area contributed by atoms with Gasteiger partial charge in [0.05, 0.1) is 19.8 Å². The van der Waals surface area contributed by atoms with Crippen LogP contribution >= 0.6 is 0 Å². The normalized spacial score (nSPS) is 16.1. The van der Waals surface area contributed by atoms with Gasteiger partial charge in [-0.3, -0.25) is 4.79 Å². The van der Waals surface area contributed by atoms with Crippen molar-refractivity contribution in [1.82, 2.24) is 10.2 Å². The molecule has 0 aromatic heterocycles. The smallest absolute Gasteiger partial charge is 0.244 e. The van der Waals surface area contributed by atoms with Gasteiger partial charge in [0.2, 0.25) is 5.91 Å². The first-order chi connectivity index (χ1) is 14.9. The predicted molar refractivity (Wildman–Crippen MR) is 123 cm³/mol. The van der Waals surface area contributed by atoms with E-state index in [0.29, 0.717) is 13.2 Å². The molecule has 2 aromatic rings. The molecule has 0 bridgehead atoms. The third-order valence-electron chi connectivity index (χ3n) is 5.33. The summed E-state index contributed by atoms with van der Waals surface area (Å²) >= 11 is 0. The van der Waals surface area contributed by atoms with Crippen LogP contribution in [-0.2, 0) is 11.2 Å². The number of ether oxygens (including phenoxy) is 3. The van der Waals surface area contributed by atoms with Crippen molar-refractivity contribution < 1.29 is 19.0 Å². The van der Waals surface area contributed by atoms with Crippen molar-refractivity contribution in [2.24, 2.45) is 0 Å². The molecule has 0 spiro atoms. The van der Waals surface area contributed by atoms with E-state index in [-0.39, 0.29) is 18.1 Å². The number of carbonyl (C=O) groups is 1. The third kappa shape index (κ3) is 5.58. The zero-order chi connectivity index (χ0) is 22.4. The maximum absolute atomic E-state index is 12.6. The van der Waals surface area contributed by atoms with Gasteiger partial charge in [-0.2, -0.15) is 0 Å². The molecule has 6 heteroatoms.